The van der Waals surface area contributed by atoms with Crippen LogP contribution in [0.5, 0.6) is 0 Å². The van der Waals surface area contributed by atoms with Gasteiger partial charge in [-0.15, -0.1) is 0 Å². The van der Waals surface area contributed by atoms with E-state index in [1.54, 1.807) is 11.0 Å². The van der Waals surface area contributed by atoms with E-state index in [4.69, 9.17) is 27.9 Å². The number of piperidine rings is 1. The Morgan fingerprint density at radius 3 is 2.33 bits per heavy atom. The number of methoxy groups -OCH3 is 1. The summed E-state index contributed by atoms with van der Waals surface area (Å²) in [5, 5.41) is 5.47. The zero-order valence-corrected chi connectivity index (χ0v) is 23.3. The van der Waals surface area contributed by atoms with Crippen LogP contribution in [0.2, 0.25) is 10.0 Å². The molecule has 1 aliphatic heterocycles. The molecule has 1 aromatic heterocycles. The summed E-state index contributed by atoms with van der Waals surface area (Å²) in [6.45, 7) is 0.907. The average Bonchev–Trinajstić information content (AvgIpc) is 2.94. The van der Waals surface area contributed by atoms with Crippen molar-refractivity contribution in [3.8, 4) is 0 Å². The standard InChI is InChI=1S/C28H29Cl2N5O5/c1-40-26(37)22(31-27(38)34-13-10-19(11-14-34)16-18-6-3-2-4-7-18)17-35-15-12-23(33-28(35)39)32-25(36)24-20(29)8-5-9-21(24)30/h2-9,12,15,19,22H,10-11,13-14,16-17H2,1H3,(H,31,38)(H,32,33,36,39)/t22-/m0/s1. The highest BCUT2D eigenvalue weighted by Crippen LogP contribution is 2.25. The molecule has 0 aliphatic carbocycles. The molecule has 0 saturated carbocycles. The number of nitrogens with one attached hydrogen (secondary N) is 2. The maximum atomic E-state index is 13.0. The van der Waals surface area contributed by atoms with Crippen molar-refractivity contribution in [2.24, 2.45) is 5.92 Å². The summed E-state index contributed by atoms with van der Waals surface area (Å²) in [6, 6.07) is 14.7. The molecule has 2 aromatic carbocycles. The van der Waals surface area contributed by atoms with Crippen molar-refractivity contribution in [1.82, 2.24) is 19.8 Å². The molecule has 1 saturated heterocycles. The number of hydrogen-bond acceptors (Lipinski definition) is 6. The number of halogens is 2. The second kappa shape index (κ2) is 13.5. The Kier molecular flexibility index (Phi) is 9.79. The molecule has 0 spiro atoms. The Morgan fingerprint density at radius 2 is 1.70 bits per heavy atom. The smallest absolute Gasteiger partial charge is 0.349 e. The van der Waals surface area contributed by atoms with Crippen molar-refractivity contribution in [3.63, 3.8) is 0 Å². The third kappa shape index (κ3) is 7.40. The molecule has 210 valence electrons. The number of carbonyl (C=O) groups excluding carboxylic acids is 3. The number of urea groups is 1. The second-order valence-electron chi connectivity index (χ2n) is 9.44. The summed E-state index contributed by atoms with van der Waals surface area (Å²) in [7, 11) is 1.20. The molecule has 10 nitrogen and oxygen atoms in total. The molecule has 0 radical (unpaired) electrons. The minimum Gasteiger partial charge on any atom is -0.467 e. The van der Waals surface area contributed by atoms with Gasteiger partial charge in [-0.05, 0) is 48.9 Å². The molecular weight excluding hydrogens is 557 g/mol. The van der Waals surface area contributed by atoms with Crippen LogP contribution in [0, 0.1) is 5.92 Å². The van der Waals surface area contributed by atoms with Crippen molar-refractivity contribution in [3.05, 3.63) is 92.5 Å². The molecule has 0 unspecified atom stereocenters. The summed E-state index contributed by atoms with van der Waals surface area (Å²) >= 11 is 12.1. The third-order valence-corrected chi connectivity index (χ3v) is 7.37. The monoisotopic (exact) mass is 585 g/mol. The van der Waals surface area contributed by atoms with Gasteiger partial charge in [0.15, 0.2) is 0 Å². The van der Waals surface area contributed by atoms with E-state index in [2.05, 4.69) is 27.8 Å². The highest BCUT2D eigenvalue weighted by molar-refractivity contribution is 6.40. The number of ether oxygens (including phenoxy) is 1. The second-order valence-corrected chi connectivity index (χ2v) is 10.3. The number of nitrogens with zero attached hydrogens (tertiary/aromatic N) is 3. The van der Waals surface area contributed by atoms with Crippen molar-refractivity contribution in [1.29, 1.82) is 0 Å². The number of rotatable bonds is 8. The van der Waals surface area contributed by atoms with E-state index < -0.39 is 29.6 Å². The molecular formula is C28H29Cl2N5O5. The van der Waals surface area contributed by atoms with Crippen LogP contribution in [-0.4, -0.2) is 58.6 Å². The Labute approximate surface area is 241 Å². The summed E-state index contributed by atoms with van der Waals surface area (Å²) < 4.78 is 6.00. The first-order chi connectivity index (χ1) is 19.2. The Hall–Kier alpha value is -3.89. The van der Waals surface area contributed by atoms with Crippen LogP contribution >= 0.6 is 23.2 Å². The maximum Gasteiger partial charge on any atom is 0.349 e. The summed E-state index contributed by atoms with van der Waals surface area (Å²) in [5.74, 6) is -0.892. The lowest BCUT2D eigenvalue weighted by molar-refractivity contribution is -0.143. The molecule has 2 N–H and O–H groups in total. The van der Waals surface area contributed by atoms with Gasteiger partial charge >= 0.3 is 17.7 Å². The number of amides is 3. The van der Waals surface area contributed by atoms with Crippen LogP contribution in [0.15, 0.2) is 65.6 Å². The van der Waals surface area contributed by atoms with Gasteiger partial charge in [0, 0.05) is 19.3 Å². The third-order valence-electron chi connectivity index (χ3n) is 6.74. The van der Waals surface area contributed by atoms with E-state index >= 15 is 0 Å². The van der Waals surface area contributed by atoms with Crippen LogP contribution in [-0.2, 0) is 22.5 Å². The van der Waals surface area contributed by atoms with Crippen molar-refractivity contribution < 1.29 is 19.1 Å². The number of aromatic nitrogens is 2. The summed E-state index contributed by atoms with van der Waals surface area (Å²) in [6.07, 6.45) is 4.01. The van der Waals surface area contributed by atoms with Gasteiger partial charge in [0.25, 0.3) is 5.91 Å². The van der Waals surface area contributed by atoms with Gasteiger partial charge in [0.05, 0.1) is 29.3 Å². The lowest BCUT2D eigenvalue weighted by atomic mass is 9.90. The van der Waals surface area contributed by atoms with Gasteiger partial charge < -0.3 is 20.3 Å². The predicted molar refractivity (Wildman–Crippen MR) is 152 cm³/mol. The zero-order valence-electron chi connectivity index (χ0n) is 21.8. The topological polar surface area (TPSA) is 123 Å². The fourth-order valence-corrected chi connectivity index (χ4v) is 5.15. The fourth-order valence-electron chi connectivity index (χ4n) is 4.58. The van der Waals surface area contributed by atoms with Gasteiger partial charge in [-0.25, -0.2) is 14.4 Å². The van der Waals surface area contributed by atoms with E-state index in [0.717, 1.165) is 23.8 Å². The quantitative estimate of drug-likeness (QED) is 0.385. The Bertz CT molecular complexity index is 1400. The Balaban J connectivity index is 1.36. The van der Waals surface area contributed by atoms with Crippen molar-refractivity contribution in [2.75, 3.05) is 25.5 Å². The highest BCUT2D eigenvalue weighted by Gasteiger charge is 2.28. The van der Waals surface area contributed by atoms with Gasteiger partial charge in [-0.2, -0.15) is 4.98 Å². The average molecular weight is 586 g/mol. The van der Waals surface area contributed by atoms with Crippen LogP contribution in [0.4, 0.5) is 10.6 Å². The lowest BCUT2D eigenvalue weighted by Gasteiger charge is -2.33. The lowest BCUT2D eigenvalue weighted by Crippen LogP contribution is -2.52. The van der Waals surface area contributed by atoms with E-state index in [1.807, 2.05) is 18.2 Å². The normalized spacial score (nSPS) is 14.3. The predicted octanol–water partition coefficient (Wildman–Crippen LogP) is 4.01. The van der Waals surface area contributed by atoms with Crippen LogP contribution in [0.1, 0.15) is 28.8 Å². The first-order valence-electron chi connectivity index (χ1n) is 12.7. The number of likely N-dealkylation sites (tertiary alicyclic amines) is 1. The Morgan fingerprint density at radius 1 is 1.02 bits per heavy atom. The summed E-state index contributed by atoms with van der Waals surface area (Å²) in [4.78, 5) is 56.2. The van der Waals surface area contributed by atoms with Crippen LogP contribution < -0.4 is 16.3 Å². The zero-order chi connectivity index (χ0) is 28.6. The molecule has 2 heterocycles. The van der Waals surface area contributed by atoms with Gasteiger partial charge in [0.2, 0.25) is 0 Å². The molecule has 0 bridgehead atoms. The largest absolute Gasteiger partial charge is 0.467 e. The molecule has 1 fully saturated rings. The van der Waals surface area contributed by atoms with E-state index in [0.29, 0.717) is 19.0 Å². The van der Waals surface area contributed by atoms with Crippen LogP contribution in [0.25, 0.3) is 0 Å². The van der Waals surface area contributed by atoms with Gasteiger partial charge in [0.1, 0.15) is 11.9 Å². The maximum absolute atomic E-state index is 13.0. The summed E-state index contributed by atoms with van der Waals surface area (Å²) in [5.41, 5.74) is 0.579. The first-order valence-corrected chi connectivity index (χ1v) is 13.5. The number of carbonyl (C=O) groups is 3. The van der Waals surface area contributed by atoms with Crippen molar-refractivity contribution in [2.45, 2.75) is 31.8 Å². The van der Waals surface area contributed by atoms with E-state index in [1.165, 1.54) is 37.1 Å². The molecule has 40 heavy (non-hydrogen) atoms. The van der Waals surface area contributed by atoms with Gasteiger partial charge in [-0.3, -0.25) is 9.36 Å². The number of esters is 1. The molecule has 4 rings (SSSR count). The molecule has 3 aromatic rings. The number of hydrogen-bond donors (Lipinski definition) is 2. The van der Waals surface area contributed by atoms with Gasteiger partial charge in [-0.1, -0.05) is 59.6 Å². The van der Waals surface area contributed by atoms with Crippen LogP contribution in [0.3, 0.4) is 0 Å². The highest BCUT2D eigenvalue weighted by atomic mass is 35.5. The SMILES string of the molecule is COC(=O)[C@H](Cn1ccc(NC(=O)c2c(Cl)cccc2Cl)nc1=O)NC(=O)N1CCC(Cc2ccccc2)CC1. The van der Waals surface area contributed by atoms with E-state index in [9.17, 15) is 19.2 Å². The minimum absolute atomic E-state index is 0.0285. The number of benzene rings is 2. The van der Waals surface area contributed by atoms with E-state index in [-0.39, 0.29) is 28.0 Å². The number of anilines is 1. The first kappa shape index (κ1) is 29.1. The van der Waals surface area contributed by atoms with Crippen molar-refractivity contribution >= 4 is 46.9 Å². The molecule has 1 aliphatic rings. The molecule has 12 heteroatoms. The minimum atomic E-state index is -1.12. The fraction of sp³-hybridized carbons (Fsp3) is 0.321. The molecule has 1 atom stereocenters. The molecule has 3 amide bonds.